The normalized spacial score (nSPS) is 10.8. The van der Waals surface area contributed by atoms with Gasteiger partial charge in [-0.25, -0.2) is 4.79 Å². The fourth-order valence-electron chi connectivity index (χ4n) is 1.44. The first-order valence-electron chi connectivity index (χ1n) is 5.59. The van der Waals surface area contributed by atoms with Gasteiger partial charge in [0.25, 0.3) is 0 Å². The molecule has 0 spiro atoms. The van der Waals surface area contributed by atoms with Crippen molar-refractivity contribution in [2.75, 3.05) is 20.3 Å². The number of imidazole rings is 1. The minimum absolute atomic E-state index is 0.0439. The van der Waals surface area contributed by atoms with E-state index >= 15 is 0 Å². The molecule has 0 unspecified atom stereocenters. The molecule has 1 amide bonds. The molecule has 0 fully saturated rings. The Hall–Kier alpha value is -1.56. The van der Waals surface area contributed by atoms with Gasteiger partial charge in [-0.2, -0.15) is 0 Å². The number of aromatic nitrogens is 2. The number of hydrogen-bond acceptors (Lipinski definition) is 3. The molecule has 96 valence electrons. The summed E-state index contributed by atoms with van der Waals surface area (Å²) in [5.74, 6) is -0.189. The Bertz CT molecular complexity index is 420. The molecule has 0 saturated heterocycles. The summed E-state index contributed by atoms with van der Waals surface area (Å²) in [4.78, 5) is 23.3. The summed E-state index contributed by atoms with van der Waals surface area (Å²) >= 11 is 0. The van der Waals surface area contributed by atoms with Crippen molar-refractivity contribution in [2.45, 2.75) is 26.4 Å². The van der Waals surface area contributed by atoms with Gasteiger partial charge in [0.05, 0.1) is 6.61 Å². The van der Waals surface area contributed by atoms with Crippen LogP contribution >= 0.6 is 0 Å². The third-order valence-corrected chi connectivity index (χ3v) is 2.37. The van der Waals surface area contributed by atoms with E-state index in [1.54, 1.807) is 24.1 Å². The first kappa shape index (κ1) is 13.5. The molecule has 1 heterocycles. The second-order valence-corrected chi connectivity index (χ2v) is 4.05. The zero-order valence-corrected chi connectivity index (χ0v) is 10.5. The number of nitrogens with zero attached hydrogens (tertiary/aromatic N) is 2. The Morgan fingerprint density at radius 3 is 2.71 bits per heavy atom. The molecule has 0 bridgehead atoms. The number of methoxy groups -OCH3 is 1. The maximum atomic E-state index is 11.8. The van der Waals surface area contributed by atoms with Crippen LogP contribution in [-0.2, 0) is 16.1 Å². The highest BCUT2D eigenvalue weighted by Gasteiger charge is 2.08. The van der Waals surface area contributed by atoms with Crippen molar-refractivity contribution >= 4 is 5.91 Å². The predicted molar refractivity (Wildman–Crippen MR) is 64.0 cm³/mol. The maximum Gasteiger partial charge on any atom is 0.328 e. The summed E-state index contributed by atoms with van der Waals surface area (Å²) in [6.45, 7) is 4.81. The Morgan fingerprint density at radius 2 is 2.18 bits per heavy atom. The summed E-state index contributed by atoms with van der Waals surface area (Å²) < 4.78 is 7.79. The van der Waals surface area contributed by atoms with Crippen molar-refractivity contribution in [1.82, 2.24) is 14.5 Å². The fourth-order valence-corrected chi connectivity index (χ4v) is 1.44. The van der Waals surface area contributed by atoms with Crippen LogP contribution in [0.4, 0.5) is 0 Å². The summed E-state index contributed by atoms with van der Waals surface area (Å²) in [6, 6.07) is 0.0975. The van der Waals surface area contributed by atoms with Gasteiger partial charge in [-0.1, -0.05) is 0 Å². The highest BCUT2D eigenvalue weighted by molar-refractivity contribution is 5.75. The molecular weight excluding hydrogens is 222 g/mol. The molecule has 1 aromatic heterocycles. The van der Waals surface area contributed by atoms with Crippen LogP contribution in [-0.4, -0.2) is 35.3 Å². The second-order valence-electron chi connectivity index (χ2n) is 4.05. The predicted octanol–water partition coefficient (Wildman–Crippen LogP) is -0.00670. The lowest BCUT2D eigenvalue weighted by molar-refractivity contribution is -0.121. The molecule has 0 atom stereocenters. The minimum Gasteiger partial charge on any atom is -0.383 e. The molecule has 0 aromatic carbocycles. The average molecular weight is 241 g/mol. The van der Waals surface area contributed by atoms with Gasteiger partial charge in [0.1, 0.15) is 6.54 Å². The lowest BCUT2D eigenvalue weighted by Gasteiger charge is -2.06. The van der Waals surface area contributed by atoms with Gasteiger partial charge in [-0.15, -0.1) is 0 Å². The molecular formula is C11H19N3O3. The van der Waals surface area contributed by atoms with Gasteiger partial charge < -0.3 is 10.1 Å². The van der Waals surface area contributed by atoms with E-state index < -0.39 is 0 Å². The van der Waals surface area contributed by atoms with E-state index in [-0.39, 0.29) is 24.2 Å². The smallest absolute Gasteiger partial charge is 0.328 e. The lowest BCUT2D eigenvalue weighted by atomic mass is 10.4. The molecule has 0 saturated carbocycles. The van der Waals surface area contributed by atoms with E-state index in [0.29, 0.717) is 13.2 Å². The fraction of sp³-hybridized carbons (Fsp3) is 0.636. The highest BCUT2D eigenvalue weighted by Crippen LogP contribution is 1.98. The molecule has 6 nitrogen and oxygen atoms in total. The number of ether oxygens (including phenoxy) is 1. The van der Waals surface area contributed by atoms with Gasteiger partial charge in [0, 0.05) is 32.1 Å². The summed E-state index contributed by atoms with van der Waals surface area (Å²) in [7, 11) is 1.57. The van der Waals surface area contributed by atoms with Crippen LogP contribution in [0.25, 0.3) is 0 Å². The Balaban J connectivity index is 2.57. The first-order chi connectivity index (χ1) is 8.06. The summed E-state index contributed by atoms with van der Waals surface area (Å²) in [5.41, 5.74) is -0.165. The third kappa shape index (κ3) is 3.74. The number of hydrogen-bond donors (Lipinski definition) is 1. The minimum atomic E-state index is -0.189. The Labute approximate surface area is 100 Å². The van der Waals surface area contributed by atoms with Crippen LogP contribution in [0.15, 0.2) is 17.2 Å². The number of rotatable bonds is 6. The molecule has 17 heavy (non-hydrogen) atoms. The molecule has 1 aromatic rings. The molecule has 1 rings (SSSR count). The van der Waals surface area contributed by atoms with Crippen LogP contribution in [0, 0.1) is 0 Å². The standard InChI is InChI=1S/C11H19N3O3/c1-9(2)14-6-5-13(11(14)16)8-10(15)12-4-7-17-3/h5-6,9H,4,7-8H2,1-3H3,(H,12,15). The van der Waals surface area contributed by atoms with Crippen molar-refractivity contribution in [1.29, 1.82) is 0 Å². The van der Waals surface area contributed by atoms with Gasteiger partial charge in [-0.05, 0) is 13.8 Å². The van der Waals surface area contributed by atoms with Crippen molar-refractivity contribution in [3.63, 3.8) is 0 Å². The van der Waals surface area contributed by atoms with Crippen molar-refractivity contribution in [2.24, 2.45) is 0 Å². The van der Waals surface area contributed by atoms with Crippen LogP contribution in [0.5, 0.6) is 0 Å². The third-order valence-electron chi connectivity index (χ3n) is 2.37. The van der Waals surface area contributed by atoms with E-state index in [1.807, 2.05) is 13.8 Å². The molecule has 0 radical (unpaired) electrons. The SMILES string of the molecule is COCCNC(=O)Cn1ccn(C(C)C)c1=O. The molecule has 6 heteroatoms. The van der Waals surface area contributed by atoms with Gasteiger partial charge in [-0.3, -0.25) is 13.9 Å². The van der Waals surface area contributed by atoms with E-state index in [4.69, 9.17) is 4.74 Å². The van der Waals surface area contributed by atoms with Gasteiger partial charge in [0.2, 0.25) is 5.91 Å². The van der Waals surface area contributed by atoms with E-state index in [9.17, 15) is 9.59 Å². The monoisotopic (exact) mass is 241 g/mol. The topological polar surface area (TPSA) is 65.3 Å². The first-order valence-corrected chi connectivity index (χ1v) is 5.59. The molecule has 0 aliphatic heterocycles. The van der Waals surface area contributed by atoms with Crippen LogP contribution in [0.2, 0.25) is 0 Å². The maximum absolute atomic E-state index is 11.8. The van der Waals surface area contributed by atoms with Gasteiger partial charge in [0.15, 0.2) is 0 Å². The van der Waals surface area contributed by atoms with Crippen molar-refractivity contribution < 1.29 is 9.53 Å². The van der Waals surface area contributed by atoms with E-state index in [0.717, 1.165) is 0 Å². The number of amides is 1. The Kier molecular flexibility index (Phi) is 4.96. The van der Waals surface area contributed by atoms with Crippen LogP contribution < -0.4 is 11.0 Å². The van der Waals surface area contributed by atoms with Crippen molar-refractivity contribution in [3.8, 4) is 0 Å². The lowest BCUT2D eigenvalue weighted by Crippen LogP contribution is -2.34. The summed E-state index contributed by atoms with van der Waals surface area (Å²) in [6.07, 6.45) is 3.31. The van der Waals surface area contributed by atoms with E-state index in [1.165, 1.54) is 4.57 Å². The second kappa shape index (κ2) is 6.24. The molecule has 0 aliphatic rings. The average Bonchev–Trinajstić information content (AvgIpc) is 2.61. The quantitative estimate of drug-likeness (QED) is 0.713. The highest BCUT2D eigenvalue weighted by atomic mass is 16.5. The van der Waals surface area contributed by atoms with Crippen LogP contribution in [0.3, 0.4) is 0 Å². The van der Waals surface area contributed by atoms with Gasteiger partial charge >= 0.3 is 5.69 Å². The van der Waals surface area contributed by atoms with Crippen molar-refractivity contribution in [3.05, 3.63) is 22.9 Å². The summed E-state index contributed by atoms with van der Waals surface area (Å²) in [5, 5.41) is 2.66. The molecule has 1 N–H and O–H groups in total. The number of nitrogens with one attached hydrogen (secondary N) is 1. The number of carbonyl (C=O) groups is 1. The Morgan fingerprint density at radius 1 is 1.47 bits per heavy atom. The molecule has 0 aliphatic carbocycles. The largest absolute Gasteiger partial charge is 0.383 e. The zero-order valence-electron chi connectivity index (χ0n) is 10.5. The van der Waals surface area contributed by atoms with Crippen LogP contribution in [0.1, 0.15) is 19.9 Å². The number of carbonyl (C=O) groups excluding carboxylic acids is 1. The van der Waals surface area contributed by atoms with E-state index in [2.05, 4.69) is 5.32 Å². The zero-order chi connectivity index (χ0) is 12.8.